The zero-order valence-electron chi connectivity index (χ0n) is 11.7. The van der Waals surface area contributed by atoms with Gasteiger partial charge in [0, 0.05) is 38.7 Å². The molecule has 114 valence electrons. The summed E-state index contributed by atoms with van der Waals surface area (Å²) in [4.78, 5) is 24.2. The predicted molar refractivity (Wildman–Crippen MR) is 82.9 cm³/mol. The molecule has 1 aromatic rings. The number of halogens is 1. The van der Waals surface area contributed by atoms with E-state index in [4.69, 9.17) is 0 Å². The second kappa shape index (κ2) is 7.51. The minimum atomic E-state index is -0.412. The fourth-order valence-corrected chi connectivity index (χ4v) is 2.94. The van der Waals surface area contributed by atoms with E-state index in [1.807, 2.05) is 11.0 Å². The van der Waals surface area contributed by atoms with Gasteiger partial charge in [0.2, 0.25) is 5.91 Å². The lowest BCUT2D eigenvalue weighted by atomic mass is 10.2. The molecule has 1 fully saturated rings. The van der Waals surface area contributed by atoms with E-state index < -0.39 is 4.92 Å². The monoisotopic (exact) mass is 355 g/mol. The highest BCUT2D eigenvalue weighted by atomic mass is 79.9. The van der Waals surface area contributed by atoms with E-state index in [2.05, 4.69) is 21.2 Å². The van der Waals surface area contributed by atoms with Crippen LogP contribution in [0.15, 0.2) is 22.7 Å². The molecule has 1 saturated heterocycles. The summed E-state index contributed by atoms with van der Waals surface area (Å²) in [6.45, 7) is 2.81. The van der Waals surface area contributed by atoms with E-state index in [0.717, 1.165) is 31.5 Å². The fraction of sp³-hybridized carbons (Fsp3) is 0.500. The van der Waals surface area contributed by atoms with E-state index in [1.165, 1.54) is 6.07 Å². The Kier molecular flexibility index (Phi) is 5.69. The van der Waals surface area contributed by atoms with Gasteiger partial charge in [-0.25, -0.2) is 0 Å². The van der Waals surface area contributed by atoms with Crippen molar-refractivity contribution in [2.24, 2.45) is 0 Å². The van der Waals surface area contributed by atoms with Crippen molar-refractivity contribution in [3.05, 3.63) is 38.3 Å². The number of carbonyl (C=O) groups is 1. The van der Waals surface area contributed by atoms with E-state index in [0.29, 0.717) is 24.0 Å². The topological polar surface area (TPSA) is 75.5 Å². The maximum absolute atomic E-state index is 11.9. The average Bonchev–Trinajstić information content (AvgIpc) is 2.98. The summed E-state index contributed by atoms with van der Waals surface area (Å²) in [5.74, 6) is 0.179. The number of rotatable bonds is 6. The summed E-state index contributed by atoms with van der Waals surface area (Å²) < 4.78 is 0.494. The Morgan fingerprint density at radius 3 is 2.76 bits per heavy atom. The van der Waals surface area contributed by atoms with Crippen LogP contribution in [0.2, 0.25) is 0 Å². The highest BCUT2D eigenvalue weighted by Crippen LogP contribution is 2.28. The zero-order valence-corrected chi connectivity index (χ0v) is 13.3. The first-order chi connectivity index (χ1) is 10.1. The number of amides is 1. The number of likely N-dealkylation sites (tertiary alicyclic amines) is 1. The number of hydrogen-bond acceptors (Lipinski definition) is 4. The highest BCUT2D eigenvalue weighted by Gasteiger charge is 2.17. The Bertz CT molecular complexity index is 530. The predicted octanol–water partition coefficient (Wildman–Crippen LogP) is 2.46. The standard InChI is InChI=1S/C14H18BrN3O3/c15-14-11(4-3-5-12(14)18(20)21)10-16-7-6-13(19)17-8-1-2-9-17/h3-5,16H,1-2,6-10H2. The van der Waals surface area contributed by atoms with Gasteiger partial charge in [-0.05, 0) is 34.3 Å². The molecule has 1 N–H and O–H groups in total. The number of nitro groups is 1. The first-order valence-electron chi connectivity index (χ1n) is 7.00. The quantitative estimate of drug-likeness (QED) is 0.483. The Hall–Kier alpha value is -1.47. The molecular weight excluding hydrogens is 338 g/mol. The van der Waals surface area contributed by atoms with Gasteiger partial charge < -0.3 is 10.2 Å². The van der Waals surface area contributed by atoms with Gasteiger partial charge in [-0.3, -0.25) is 14.9 Å². The Morgan fingerprint density at radius 1 is 1.38 bits per heavy atom. The molecule has 1 aliphatic rings. The Balaban J connectivity index is 1.79. The SMILES string of the molecule is O=C(CCNCc1cccc([N+](=O)[O-])c1Br)N1CCCC1. The molecule has 2 rings (SSSR count). The summed E-state index contributed by atoms with van der Waals surface area (Å²) in [6, 6.07) is 4.95. The van der Waals surface area contributed by atoms with Crippen molar-refractivity contribution < 1.29 is 9.72 Å². The van der Waals surface area contributed by atoms with Gasteiger partial charge in [-0.2, -0.15) is 0 Å². The molecule has 21 heavy (non-hydrogen) atoms. The van der Waals surface area contributed by atoms with Gasteiger partial charge in [0.05, 0.1) is 9.40 Å². The maximum atomic E-state index is 11.9. The smallest absolute Gasteiger partial charge is 0.283 e. The van der Waals surface area contributed by atoms with Crippen molar-refractivity contribution in [2.45, 2.75) is 25.8 Å². The van der Waals surface area contributed by atoms with Gasteiger partial charge in [0.15, 0.2) is 0 Å². The van der Waals surface area contributed by atoms with Crippen molar-refractivity contribution in [3.63, 3.8) is 0 Å². The number of nitro benzene ring substituents is 1. The minimum Gasteiger partial charge on any atom is -0.343 e. The van der Waals surface area contributed by atoms with Crippen molar-refractivity contribution in [1.82, 2.24) is 10.2 Å². The normalized spacial score (nSPS) is 14.4. The van der Waals surface area contributed by atoms with Crippen molar-refractivity contribution in [3.8, 4) is 0 Å². The molecule has 0 saturated carbocycles. The number of nitrogens with one attached hydrogen (secondary N) is 1. The first-order valence-corrected chi connectivity index (χ1v) is 7.79. The maximum Gasteiger partial charge on any atom is 0.283 e. The van der Waals surface area contributed by atoms with Crippen LogP contribution in [0.25, 0.3) is 0 Å². The molecule has 0 atom stereocenters. The summed E-state index contributed by atoms with van der Waals surface area (Å²) in [6.07, 6.45) is 2.66. The summed E-state index contributed by atoms with van der Waals surface area (Å²) in [7, 11) is 0. The van der Waals surface area contributed by atoms with Gasteiger partial charge in [-0.1, -0.05) is 12.1 Å². The van der Waals surface area contributed by atoms with E-state index >= 15 is 0 Å². The molecule has 6 nitrogen and oxygen atoms in total. The van der Waals surface area contributed by atoms with Crippen LogP contribution in [0, 0.1) is 10.1 Å². The molecule has 0 unspecified atom stereocenters. The lowest BCUT2D eigenvalue weighted by Crippen LogP contribution is -2.30. The van der Waals surface area contributed by atoms with Crippen LogP contribution in [0.5, 0.6) is 0 Å². The van der Waals surface area contributed by atoms with E-state index in [-0.39, 0.29) is 11.6 Å². The lowest BCUT2D eigenvalue weighted by molar-refractivity contribution is -0.385. The number of nitrogens with zero attached hydrogens (tertiary/aromatic N) is 2. The molecule has 0 radical (unpaired) electrons. The summed E-state index contributed by atoms with van der Waals surface area (Å²) in [5.41, 5.74) is 0.875. The van der Waals surface area contributed by atoms with E-state index in [9.17, 15) is 14.9 Å². The second-order valence-corrected chi connectivity index (χ2v) is 5.82. The van der Waals surface area contributed by atoms with Crippen LogP contribution >= 0.6 is 15.9 Å². The van der Waals surface area contributed by atoms with Crippen LogP contribution in [0.3, 0.4) is 0 Å². The van der Waals surface area contributed by atoms with Crippen LogP contribution in [0.4, 0.5) is 5.69 Å². The van der Waals surface area contributed by atoms with Crippen molar-refractivity contribution in [2.75, 3.05) is 19.6 Å². The third kappa shape index (κ3) is 4.25. The lowest BCUT2D eigenvalue weighted by Gasteiger charge is -2.15. The molecule has 7 heteroatoms. The Labute approximate surface area is 131 Å². The fourth-order valence-electron chi connectivity index (χ4n) is 2.39. The number of carbonyl (C=O) groups excluding carboxylic acids is 1. The molecule has 1 aliphatic heterocycles. The highest BCUT2D eigenvalue weighted by molar-refractivity contribution is 9.10. The molecular formula is C14H18BrN3O3. The first kappa shape index (κ1) is 15.9. The van der Waals surface area contributed by atoms with Gasteiger partial charge in [0.25, 0.3) is 5.69 Å². The van der Waals surface area contributed by atoms with Crippen molar-refractivity contribution in [1.29, 1.82) is 0 Å². The average molecular weight is 356 g/mol. The summed E-state index contributed by atoms with van der Waals surface area (Å²) in [5, 5.41) is 14.0. The molecule has 0 aliphatic carbocycles. The van der Waals surface area contributed by atoms with Crippen LogP contribution in [-0.4, -0.2) is 35.4 Å². The van der Waals surface area contributed by atoms with Crippen LogP contribution < -0.4 is 5.32 Å². The van der Waals surface area contributed by atoms with Gasteiger partial charge in [0.1, 0.15) is 0 Å². The van der Waals surface area contributed by atoms with Crippen LogP contribution in [-0.2, 0) is 11.3 Å². The minimum absolute atomic E-state index is 0.0578. The van der Waals surface area contributed by atoms with Crippen molar-refractivity contribution >= 4 is 27.5 Å². The van der Waals surface area contributed by atoms with Crippen LogP contribution in [0.1, 0.15) is 24.8 Å². The zero-order chi connectivity index (χ0) is 15.2. The van der Waals surface area contributed by atoms with Gasteiger partial charge in [-0.15, -0.1) is 0 Å². The Morgan fingerprint density at radius 2 is 2.10 bits per heavy atom. The molecule has 0 spiro atoms. The third-order valence-electron chi connectivity index (χ3n) is 3.54. The number of benzene rings is 1. The molecule has 1 amide bonds. The summed E-state index contributed by atoms with van der Waals surface area (Å²) >= 11 is 3.26. The molecule has 0 aromatic heterocycles. The van der Waals surface area contributed by atoms with Gasteiger partial charge >= 0.3 is 0 Å². The second-order valence-electron chi connectivity index (χ2n) is 5.02. The molecule has 1 heterocycles. The largest absolute Gasteiger partial charge is 0.343 e. The van der Waals surface area contributed by atoms with E-state index in [1.54, 1.807) is 6.07 Å². The molecule has 0 bridgehead atoms. The molecule has 1 aromatic carbocycles. The third-order valence-corrected chi connectivity index (χ3v) is 4.46. The number of hydrogen-bond donors (Lipinski definition) is 1.